The zero-order valence-corrected chi connectivity index (χ0v) is 14.3. The lowest BCUT2D eigenvalue weighted by molar-refractivity contribution is -0.136. The van der Waals surface area contributed by atoms with Crippen LogP contribution in [-0.4, -0.2) is 41.3 Å². The van der Waals surface area contributed by atoms with Crippen molar-refractivity contribution in [1.82, 2.24) is 4.90 Å². The molecule has 0 spiro atoms. The van der Waals surface area contributed by atoms with E-state index < -0.39 is 11.9 Å². The Morgan fingerprint density at radius 2 is 1.95 bits per heavy atom. The van der Waals surface area contributed by atoms with E-state index in [4.69, 9.17) is 11.5 Å². The molecule has 0 aliphatic rings. The molecular weight excluding hydrogens is 354 g/mol. The van der Waals surface area contributed by atoms with Gasteiger partial charge in [-0.15, -0.1) is 0 Å². The molecule has 1 atom stereocenters. The fourth-order valence-corrected chi connectivity index (χ4v) is 2.57. The number of thioether (sulfide) groups is 1. The number of hydrogen-bond donors (Lipinski definition) is 2. The smallest absolute Gasteiger partial charge is 0.240 e. The maximum Gasteiger partial charge on any atom is 0.240 e. The number of benzene rings is 1. The van der Waals surface area contributed by atoms with Crippen LogP contribution >= 0.6 is 27.7 Å². The summed E-state index contributed by atoms with van der Waals surface area (Å²) < 4.78 is 0.954. The molecule has 5 nitrogen and oxygen atoms in total. The van der Waals surface area contributed by atoms with Gasteiger partial charge in [0, 0.05) is 11.0 Å². The van der Waals surface area contributed by atoms with Gasteiger partial charge in [0.25, 0.3) is 0 Å². The van der Waals surface area contributed by atoms with E-state index in [1.165, 1.54) is 4.90 Å². The van der Waals surface area contributed by atoms with E-state index in [9.17, 15) is 9.59 Å². The molecule has 2 amide bonds. The standard InChI is InChI=1S/C14H20BrN3O2S/c1-21-7-6-12(16)14(20)18(9-13(17)19)8-10-2-4-11(15)5-3-10/h2-5,12H,6-9,16H2,1H3,(H2,17,19)/t12-/m0/s1. The van der Waals surface area contributed by atoms with Crippen LogP contribution in [0, 0.1) is 0 Å². The van der Waals surface area contributed by atoms with Crippen LogP contribution in [0.1, 0.15) is 12.0 Å². The third-order valence-corrected chi connectivity index (χ3v) is 4.07. The van der Waals surface area contributed by atoms with Crippen molar-refractivity contribution in [2.24, 2.45) is 11.5 Å². The quantitative estimate of drug-likeness (QED) is 0.719. The highest BCUT2D eigenvalue weighted by Gasteiger charge is 2.22. The van der Waals surface area contributed by atoms with Gasteiger partial charge in [0.15, 0.2) is 0 Å². The summed E-state index contributed by atoms with van der Waals surface area (Å²) in [7, 11) is 0. The lowest BCUT2D eigenvalue weighted by Crippen LogP contribution is -2.46. The molecule has 0 aliphatic carbocycles. The summed E-state index contributed by atoms with van der Waals surface area (Å²) in [5.41, 5.74) is 12.0. The van der Waals surface area contributed by atoms with E-state index in [1.54, 1.807) is 11.8 Å². The summed E-state index contributed by atoms with van der Waals surface area (Å²) in [6.07, 6.45) is 2.54. The molecule has 0 saturated carbocycles. The number of primary amides is 1. The highest BCUT2D eigenvalue weighted by molar-refractivity contribution is 9.10. The van der Waals surface area contributed by atoms with Crippen LogP contribution in [0.2, 0.25) is 0 Å². The molecule has 0 radical (unpaired) electrons. The van der Waals surface area contributed by atoms with Gasteiger partial charge in [-0.2, -0.15) is 11.8 Å². The summed E-state index contributed by atoms with van der Waals surface area (Å²) in [5, 5.41) is 0. The average Bonchev–Trinajstić information content (AvgIpc) is 2.45. The summed E-state index contributed by atoms with van der Waals surface area (Å²) in [6, 6.07) is 6.94. The minimum Gasteiger partial charge on any atom is -0.368 e. The fourth-order valence-electron chi connectivity index (χ4n) is 1.81. The zero-order chi connectivity index (χ0) is 15.8. The van der Waals surface area contributed by atoms with Gasteiger partial charge in [0.2, 0.25) is 11.8 Å². The van der Waals surface area contributed by atoms with Gasteiger partial charge in [-0.25, -0.2) is 0 Å². The summed E-state index contributed by atoms with van der Waals surface area (Å²) in [4.78, 5) is 24.9. The van der Waals surface area contributed by atoms with Crippen LogP contribution < -0.4 is 11.5 Å². The number of nitrogens with zero attached hydrogens (tertiary/aromatic N) is 1. The normalized spacial score (nSPS) is 12.0. The zero-order valence-electron chi connectivity index (χ0n) is 11.9. The third kappa shape index (κ3) is 6.50. The molecule has 1 aromatic carbocycles. The first-order valence-electron chi connectivity index (χ1n) is 6.50. The molecule has 1 aromatic rings. The molecular formula is C14H20BrN3O2S. The molecule has 7 heteroatoms. The maximum atomic E-state index is 12.3. The Hall–Kier alpha value is -1.05. The van der Waals surface area contributed by atoms with E-state index in [0.29, 0.717) is 13.0 Å². The topological polar surface area (TPSA) is 89.4 Å². The first kappa shape index (κ1) is 18.0. The Morgan fingerprint density at radius 3 is 2.48 bits per heavy atom. The van der Waals surface area contributed by atoms with Crippen LogP contribution in [-0.2, 0) is 16.1 Å². The molecule has 0 aliphatic heterocycles. The monoisotopic (exact) mass is 373 g/mol. The average molecular weight is 374 g/mol. The largest absolute Gasteiger partial charge is 0.368 e. The Balaban J connectivity index is 2.76. The Labute approximate surface area is 137 Å². The van der Waals surface area contributed by atoms with Crippen LogP contribution in [0.4, 0.5) is 0 Å². The number of halogens is 1. The molecule has 116 valence electrons. The molecule has 0 heterocycles. The second kappa shape index (κ2) is 9.07. The van der Waals surface area contributed by atoms with Crippen molar-refractivity contribution in [3.8, 4) is 0 Å². The first-order chi connectivity index (χ1) is 9.93. The molecule has 1 rings (SSSR count). The molecule has 21 heavy (non-hydrogen) atoms. The number of rotatable bonds is 8. The second-order valence-electron chi connectivity index (χ2n) is 4.68. The summed E-state index contributed by atoms with van der Waals surface area (Å²) in [5.74, 6) is 0.0126. The number of carbonyl (C=O) groups excluding carboxylic acids is 2. The van der Waals surface area contributed by atoms with Crippen LogP contribution in [0.3, 0.4) is 0 Å². The van der Waals surface area contributed by atoms with E-state index in [0.717, 1.165) is 15.8 Å². The van der Waals surface area contributed by atoms with Crippen molar-refractivity contribution in [1.29, 1.82) is 0 Å². The predicted octanol–water partition coefficient (Wildman–Crippen LogP) is 1.34. The second-order valence-corrected chi connectivity index (χ2v) is 6.58. The molecule has 0 saturated heterocycles. The molecule has 4 N–H and O–H groups in total. The molecule has 0 unspecified atom stereocenters. The van der Waals surface area contributed by atoms with Gasteiger partial charge in [0.05, 0.1) is 12.6 Å². The first-order valence-corrected chi connectivity index (χ1v) is 8.68. The van der Waals surface area contributed by atoms with Gasteiger partial charge < -0.3 is 16.4 Å². The summed E-state index contributed by atoms with van der Waals surface area (Å²) in [6.45, 7) is 0.198. The molecule has 0 fully saturated rings. The maximum absolute atomic E-state index is 12.3. The van der Waals surface area contributed by atoms with Gasteiger partial charge >= 0.3 is 0 Å². The van der Waals surface area contributed by atoms with Crippen LogP contribution in [0.15, 0.2) is 28.7 Å². The SMILES string of the molecule is CSCC[C@H](N)C(=O)N(CC(N)=O)Cc1ccc(Br)cc1. The lowest BCUT2D eigenvalue weighted by Gasteiger charge is -2.24. The van der Waals surface area contributed by atoms with Gasteiger partial charge in [-0.05, 0) is 36.1 Å². The number of carbonyl (C=O) groups is 2. The minimum absolute atomic E-state index is 0.123. The Kier molecular flexibility index (Phi) is 7.77. The van der Waals surface area contributed by atoms with E-state index in [-0.39, 0.29) is 12.5 Å². The third-order valence-electron chi connectivity index (χ3n) is 2.90. The lowest BCUT2D eigenvalue weighted by atomic mass is 10.1. The van der Waals surface area contributed by atoms with Crippen molar-refractivity contribution in [3.63, 3.8) is 0 Å². The molecule has 0 bridgehead atoms. The summed E-state index contributed by atoms with van der Waals surface area (Å²) >= 11 is 4.99. The van der Waals surface area contributed by atoms with Gasteiger partial charge in [-0.3, -0.25) is 9.59 Å². The van der Waals surface area contributed by atoms with E-state index >= 15 is 0 Å². The highest BCUT2D eigenvalue weighted by atomic mass is 79.9. The predicted molar refractivity (Wildman–Crippen MR) is 89.7 cm³/mol. The minimum atomic E-state index is -0.604. The van der Waals surface area contributed by atoms with Crippen LogP contribution in [0.5, 0.6) is 0 Å². The van der Waals surface area contributed by atoms with Crippen molar-refractivity contribution in [2.45, 2.75) is 19.0 Å². The number of hydrogen-bond acceptors (Lipinski definition) is 4. The van der Waals surface area contributed by atoms with Crippen molar-refractivity contribution in [2.75, 3.05) is 18.6 Å². The van der Waals surface area contributed by atoms with Crippen molar-refractivity contribution in [3.05, 3.63) is 34.3 Å². The number of amides is 2. The van der Waals surface area contributed by atoms with Gasteiger partial charge in [0.1, 0.15) is 0 Å². The Morgan fingerprint density at radius 1 is 1.33 bits per heavy atom. The van der Waals surface area contributed by atoms with Crippen molar-refractivity contribution >= 4 is 39.5 Å². The van der Waals surface area contributed by atoms with Crippen molar-refractivity contribution < 1.29 is 9.59 Å². The van der Waals surface area contributed by atoms with Gasteiger partial charge in [-0.1, -0.05) is 28.1 Å². The van der Waals surface area contributed by atoms with Crippen LogP contribution in [0.25, 0.3) is 0 Å². The Bertz CT molecular complexity index is 482. The molecule has 0 aromatic heterocycles. The van der Waals surface area contributed by atoms with E-state index in [2.05, 4.69) is 15.9 Å². The fraction of sp³-hybridized carbons (Fsp3) is 0.429. The highest BCUT2D eigenvalue weighted by Crippen LogP contribution is 2.13. The number of nitrogens with two attached hydrogens (primary N) is 2. The van der Waals surface area contributed by atoms with E-state index in [1.807, 2.05) is 30.5 Å².